The topological polar surface area (TPSA) is 58.4 Å². The average Bonchev–Trinajstić information content (AvgIpc) is 3.09. The number of nitrogens with zero attached hydrogens (tertiary/aromatic N) is 4. The number of anilines is 1. The normalized spacial score (nSPS) is 18.9. The summed E-state index contributed by atoms with van der Waals surface area (Å²) in [5.74, 6) is 0.464. The van der Waals surface area contributed by atoms with Crippen LogP contribution >= 0.6 is 0 Å². The molecule has 0 N–H and O–H groups in total. The third kappa shape index (κ3) is 3.28. The molecule has 0 bridgehead atoms. The van der Waals surface area contributed by atoms with Gasteiger partial charge in [0.2, 0.25) is 5.91 Å². The molecular formula is C20H21F3N4O2. The van der Waals surface area contributed by atoms with Crippen molar-refractivity contribution < 1.29 is 22.8 Å². The summed E-state index contributed by atoms with van der Waals surface area (Å²) in [6.07, 6.45) is -2.99. The van der Waals surface area contributed by atoms with E-state index in [1.54, 1.807) is 16.8 Å². The third-order valence-electron chi connectivity index (χ3n) is 5.90. The number of hydrogen-bond donors (Lipinski definition) is 0. The van der Waals surface area contributed by atoms with Crippen LogP contribution in [0.25, 0.3) is 0 Å². The minimum Gasteiger partial charge on any atom is -0.338 e. The molecule has 2 aliphatic rings. The number of hydrogen-bond acceptors (Lipinski definition) is 3. The average molecular weight is 406 g/mol. The number of aromatic nitrogens is 2. The minimum absolute atomic E-state index is 0.0138. The Morgan fingerprint density at radius 3 is 2.34 bits per heavy atom. The SMILES string of the molecule is Cc1cc2n(n1)C1(CCN(C(=O)c3ccc(C(F)(F)F)cc3)CC1)CC(=O)N2C. The maximum atomic E-state index is 12.7. The van der Waals surface area contributed by atoms with Gasteiger partial charge in [-0.1, -0.05) is 0 Å². The molecule has 1 aromatic heterocycles. The number of amides is 2. The van der Waals surface area contributed by atoms with Crippen LogP contribution in [0, 0.1) is 6.92 Å². The molecule has 1 saturated heterocycles. The molecule has 0 aliphatic carbocycles. The molecule has 0 saturated carbocycles. The number of benzene rings is 1. The second-order valence-electron chi connectivity index (χ2n) is 7.78. The van der Waals surface area contributed by atoms with Crippen LogP contribution in [0.1, 0.15) is 40.9 Å². The molecule has 0 radical (unpaired) electrons. The van der Waals surface area contributed by atoms with Gasteiger partial charge in [0, 0.05) is 31.8 Å². The van der Waals surface area contributed by atoms with Crippen LogP contribution in [0.5, 0.6) is 0 Å². The Hall–Kier alpha value is -2.84. The van der Waals surface area contributed by atoms with E-state index in [0.717, 1.165) is 23.6 Å². The monoisotopic (exact) mass is 406 g/mol. The van der Waals surface area contributed by atoms with Crippen LogP contribution < -0.4 is 4.90 Å². The first-order chi connectivity index (χ1) is 13.6. The van der Waals surface area contributed by atoms with E-state index >= 15 is 0 Å². The molecule has 9 heteroatoms. The minimum atomic E-state index is -4.43. The Kier molecular flexibility index (Phi) is 4.43. The maximum Gasteiger partial charge on any atom is 0.416 e. The quantitative estimate of drug-likeness (QED) is 0.731. The molecule has 1 fully saturated rings. The highest BCUT2D eigenvalue weighted by molar-refractivity contribution is 5.95. The van der Waals surface area contributed by atoms with Crippen LogP contribution in [-0.4, -0.2) is 46.6 Å². The second kappa shape index (κ2) is 6.60. The van der Waals surface area contributed by atoms with E-state index in [1.807, 2.05) is 17.7 Å². The Balaban J connectivity index is 1.52. The van der Waals surface area contributed by atoms with Gasteiger partial charge < -0.3 is 9.80 Å². The van der Waals surface area contributed by atoms with E-state index in [9.17, 15) is 22.8 Å². The zero-order valence-corrected chi connectivity index (χ0v) is 16.2. The largest absolute Gasteiger partial charge is 0.416 e. The summed E-state index contributed by atoms with van der Waals surface area (Å²) in [7, 11) is 1.73. The molecule has 1 spiro atoms. The molecule has 0 atom stereocenters. The van der Waals surface area contributed by atoms with Gasteiger partial charge in [-0.05, 0) is 44.0 Å². The van der Waals surface area contributed by atoms with E-state index in [4.69, 9.17) is 0 Å². The lowest BCUT2D eigenvalue weighted by Crippen LogP contribution is -2.54. The van der Waals surface area contributed by atoms with Gasteiger partial charge in [-0.15, -0.1) is 0 Å². The number of likely N-dealkylation sites (tertiary alicyclic amines) is 1. The highest BCUT2D eigenvalue weighted by Crippen LogP contribution is 2.41. The summed E-state index contributed by atoms with van der Waals surface area (Å²) < 4.78 is 40.1. The molecule has 2 aromatic rings. The van der Waals surface area contributed by atoms with Crippen molar-refractivity contribution in [2.24, 2.45) is 0 Å². The molecule has 1 aromatic carbocycles. The van der Waals surface area contributed by atoms with Crippen molar-refractivity contribution in [1.29, 1.82) is 0 Å². The summed E-state index contributed by atoms with van der Waals surface area (Å²) >= 11 is 0. The molecule has 2 aliphatic heterocycles. The fraction of sp³-hybridized carbons (Fsp3) is 0.450. The van der Waals surface area contributed by atoms with Crippen molar-refractivity contribution in [2.75, 3.05) is 25.0 Å². The fourth-order valence-corrected chi connectivity index (χ4v) is 4.18. The number of rotatable bonds is 1. The van der Waals surface area contributed by atoms with Crippen molar-refractivity contribution in [3.05, 3.63) is 47.2 Å². The zero-order valence-electron chi connectivity index (χ0n) is 16.2. The zero-order chi connectivity index (χ0) is 21.0. The Morgan fingerprint density at radius 1 is 1.14 bits per heavy atom. The van der Waals surface area contributed by atoms with Gasteiger partial charge in [0.15, 0.2) is 0 Å². The molecule has 4 rings (SSSR count). The number of piperidine rings is 1. The third-order valence-corrected chi connectivity index (χ3v) is 5.90. The van der Waals surface area contributed by atoms with Crippen LogP contribution in [0.4, 0.5) is 19.0 Å². The Labute approximate surface area is 165 Å². The lowest BCUT2D eigenvalue weighted by molar-refractivity contribution is -0.137. The van der Waals surface area contributed by atoms with Crippen LogP contribution in [0.15, 0.2) is 30.3 Å². The molecule has 6 nitrogen and oxygen atoms in total. The van der Waals surface area contributed by atoms with Gasteiger partial charge in [-0.3, -0.25) is 9.59 Å². The van der Waals surface area contributed by atoms with Crippen molar-refractivity contribution >= 4 is 17.6 Å². The van der Waals surface area contributed by atoms with E-state index < -0.39 is 17.3 Å². The van der Waals surface area contributed by atoms with Gasteiger partial charge in [-0.25, -0.2) is 4.68 Å². The lowest BCUT2D eigenvalue weighted by Gasteiger charge is -2.46. The highest BCUT2D eigenvalue weighted by Gasteiger charge is 2.45. The Bertz CT molecular complexity index is 957. The summed E-state index contributed by atoms with van der Waals surface area (Å²) in [5, 5.41) is 4.59. The van der Waals surface area contributed by atoms with E-state index in [1.165, 1.54) is 12.1 Å². The first kappa shape index (κ1) is 19.5. The van der Waals surface area contributed by atoms with Crippen LogP contribution in [0.3, 0.4) is 0 Å². The van der Waals surface area contributed by atoms with Crippen molar-refractivity contribution in [3.8, 4) is 0 Å². The van der Waals surface area contributed by atoms with E-state index in [-0.39, 0.29) is 17.4 Å². The number of halogens is 3. The molecule has 3 heterocycles. The van der Waals surface area contributed by atoms with Crippen molar-refractivity contribution in [3.63, 3.8) is 0 Å². The predicted molar refractivity (Wildman–Crippen MR) is 99.5 cm³/mol. The first-order valence-corrected chi connectivity index (χ1v) is 9.41. The fourth-order valence-electron chi connectivity index (χ4n) is 4.18. The standard InChI is InChI=1S/C20H21F3N4O2/c1-13-11-16-25(2)17(28)12-19(27(16)24-13)7-9-26(10-8-19)18(29)14-3-5-15(6-4-14)20(21,22)23/h3-6,11H,7-10,12H2,1-2H3. The molecule has 154 valence electrons. The van der Waals surface area contributed by atoms with Crippen LogP contribution in [0.2, 0.25) is 0 Å². The molecule has 2 amide bonds. The number of alkyl halides is 3. The van der Waals surface area contributed by atoms with Gasteiger partial charge >= 0.3 is 6.18 Å². The first-order valence-electron chi connectivity index (χ1n) is 9.41. The van der Waals surface area contributed by atoms with Gasteiger partial charge in [0.25, 0.3) is 5.91 Å². The number of carbonyl (C=O) groups is 2. The van der Waals surface area contributed by atoms with E-state index in [2.05, 4.69) is 5.10 Å². The summed E-state index contributed by atoms with van der Waals surface area (Å²) in [6, 6.07) is 6.14. The second-order valence-corrected chi connectivity index (χ2v) is 7.78. The van der Waals surface area contributed by atoms with Gasteiger partial charge in [-0.2, -0.15) is 18.3 Å². The van der Waals surface area contributed by atoms with Crippen molar-refractivity contribution in [1.82, 2.24) is 14.7 Å². The highest BCUT2D eigenvalue weighted by atomic mass is 19.4. The summed E-state index contributed by atoms with van der Waals surface area (Å²) in [4.78, 5) is 28.5. The van der Waals surface area contributed by atoms with Crippen molar-refractivity contribution in [2.45, 2.75) is 37.9 Å². The van der Waals surface area contributed by atoms with Gasteiger partial charge in [0.05, 0.1) is 23.2 Å². The summed E-state index contributed by atoms with van der Waals surface area (Å²) in [5.41, 5.74) is -0.198. The number of fused-ring (bicyclic) bond motifs is 2. The lowest BCUT2D eigenvalue weighted by atomic mass is 9.82. The number of carbonyl (C=O) groups excluding carboxylic acids is 2. The summed E-state index contributed by atoms with van der Waals surface area (Å²) in [6.45, 7) is 2.70. The Morgan fingerprint density at radius 2 is 1.76 bits per heavy atom. The molecule has 29 heavy (non-hydrogen) atoms. The van der Waals surface area contributed by atoms with Crippen LogP contribution in [-0.2, 0) is 16.5 Å². The molecular weight excluding hydrogens is 385 g/mol. The maximum absolute atomic E-state index is 12.7. The predicted octanol–water partition coefficient (Wildman–Crippen LogP) is 3.21. The van der Waals surface area contributed by atoms with Gasteiger partial charge in [0.1, 0.15) is 5.82 Å². The van der Waals surface area contributed by atoms with E-state index in [0.29, 0.717) is 32.4 Å². The number of aryl methyl sites for hydroxylation is 1. The smallest absolute Gasteiger partial charge is 0.338 e. The molecule has 0 unspecified atom stereocenters.